The fourth-order valence-electron chi connectivity index (χ4n) is 2.81. The lowest BCUT2D eigenvalue weighted by atomic mass is 10.0. The van der Waals surface area contributed by atoms with Gasteiger partial charge in [0.05, 0.1) is 11.6 Å². The molecule has 18 heavy (non-hydrogen) atoms. The van der Waals surface area contributed by atoms with Crippen molar-refractivity contribution in [1.29, 1.82) is 0 Å². The van der Waals surface area contributed by atoms with E-state index in [1.807, 2.05) is 25.1 Å². The first kappa shape index (κ1) is 13.7. The number of benzene rings is 1. The quantitative estimate of drug-likeness (QED) is 0.876. The second kappa shape index (κ2) is 6.44. The summed E-state index contributed by atoms with van der Waals surface area (Å²) in [6.07, 6.45) is 5.06. The molecule has 0 aliphatic heterocycles. The van der Waals surface area contributed by atoms with E-state index in [9.17, 15) is 0 Å². The van der Waals surface area contributed by atoms with Crippen LogP contribution in [0.15, 0.2) is 18.2 Å². The molecule has 0 spiro atoms. The van der Waals surface area contributed by atoms with Crippen LogP contribution >= 0.6 is 11.6 Å². The molecule has 1 aliphatic carbocycles. The van der Waals surface area contributed by atoms with Gasteiger partial charge in [-0.05, 0) is 56.8 Å². The third-order valence-corrected chi connectivity index (χ3v) is 4.16. The number of ether oxygens (including phenoxy) is 1. The monoisotopic (exact) mass is 267 g/mol. The molecule has 2 unspecified atom stereocenters. The van der Waals surface area contributed by atoms with Crippen molar-refractivity contribution in [2.24, 2.45) is 5.92 Å². The van der Waals surface area contributed by atoms with Crippen LogP contribution in [0.5, 0.6) is 5.75 Å². The van der Waals surface area contributed by atoms with E-state index in [-0.39, 0.29) is 0 Å². The van der Waals surface area contributed by atoms with E-state index < -0.39 is 0 Å². The summed E-state index contributed by atoms with van der Waals surface area (Å²) < 4.78 is 5.79. The Morgan fingerprint density at radius 3 is 2.94 bits per heavy atom. The van der Waals surface area contributed by atoms with Crippen LogP contribution in [0.4, 0.5) is 0 Å². The summed E-state index contributed by atoms with van der Waals surface area (Å²) in [7, 11) is 2.06. The van der Waals surface area contributed by atoms with E-state index in [0.29, 0.717) is 11.1 Å². The molecule has 0 bridgehead atoms. The summed E-state index contributed by atoms with van der Waals surface area (Å²) in [4.78, 5) is 0. The third-order valence-electron chi connectivity index (χ3n) is 3.86. The second-order valence-corrected chi connectivity index (χ2v) is 5.56. The van der Waals surface area contributed by atoms with Gasteiger partial charge in [-0.2, -0.15) is 0 Å². The highest BCUT2D eigenvalue weighted by molar-refractivity contribution is 6.32. The van der Waals surface area contributed by atoms with Crippen LogP contribution in [0.25, 0.3) is 0 Å². The predicted molar refractivity (Wildman–Crippen MR) is 76.5 cm³/mol. The van der Waals surface area contributed by atoms with Crippen LogP contribution in [0, 0.1) is 12.8 Å². The van der Waals surface area contributed by atoms with Crippen LogP contribution in [-0.4, -0.2) is 19.7 Å². The molecule has 0 radical (unpaired) electrons. The Morgan fingerprint density at radius 1 is 1.39 bits per heavy atom. The zero-order chi connectivity index (χ0) is 13.0. The first-order valence-corrected chi connectivity index (χ1v) is 7.14. The lowest BCUT2D eigenvalue weighted by Crippen LogP contribution is -2.29. The van der Waals surface area contributed by atoms with Crippen molar-refractivity contribution in [2.45, 2.75) is 38.6 Å². The van der Waals surface area contributed by atoms with E-state index in [1.165, 1.54) is 24.8 Å². The molecule has 2 nitrogen and oxygen atoms in total. The maximum absolute atomic E-state index is 6.14. The first-order valence-electron chi connectivity index (χ1n) is 6.77. The van der Waals surface area contributed by atoms with E-state index >= 15 is 0 Å². The van der Waals surface area contributed by atoms with Gasteiger partial charge in [0.1, 0.15) is 5.75 Å². The largest absolute Gasteiger partial charge is 0.492 e. The van der Waals surface area contributed by atoms with Crippen LogP contribution < -0.4 is 10.1 Å². The summed E-state index contributed by atoms with van der Waals surface area (Å²) in [5, 5.41) is 4.11. The van der Waals surface area contributed by atoms with Crippen LogP contribution in [0.3, 0.4) is 0 Å². The topological polar surface area (TPSA) is 21.3 Å². The molecule has 1 N–H and O–H groups in total. The van der Waals surface area contributed by atoms with Crippen molar-refractivity contribution in [2.75, 3.05) is 13.7 Å². The van der Waals surface area contributed by atoms with Crippen molar-refractivity contribution in [3.63, 3.8) is 0 Å². The Hall–Kier alpha value is -0.730. The molecule has 1 aromatic carbocycles. The lowest BCUT2D eigenvalue weighted by molar-refractivity contribution is 0.263. The zero-order valence-corrected chi connectivity index (χ0v) is 12.0. The van der Waals surface area contributed by atoms with Crippen molar-refractivity contribution >= 4 is 11.6 Å². The molecule has 1 aliphatic rings. The zero-order valence-electron chi connectivity index (χ0n) is 11.2. The minimum atomic E-state index is 0.669. The number of hydrogen-bond donors (Lipinski definition) is 1. The summed E-state index contributed by atoms with van der Waals surface area (Å²) in [5.74, 6) is 1.56. The molecule has 2 rings (SSSR count). The van der Waals surface area contributed by atoms with Crippen LogP contribution in [0.1, 0.15) is 31.2 Å². The summed E-state index contributed by atoms with van der Waals surface area (Å²) in [5.41, 5.74) is 1.17. The highest BCUT2D eigenvalue weighted by Crippen LogP contribution is 2.29. The van der Waals surface area contributed by atoms with Gasteiger partial charge >= 0.3 is 0 Å². The maximum Gasteiger partial charge on any atom is 0.137 e. The number of hydrogen-bond acceptors (Lipinski definition) is 2. The maximum atomic E-state index is 6.14. The minimum Gasteiger partial charge on any atom is -0.492 e. The second-order valence-electron chi connectivity index (χ2n) is 5.16. The fourth-order valence-corrected chi connectivity index (χ4v) is 3.10. The Balaban J connectivity index is 1.81. The van der Waals surface area contributed by atoms with Gasteiger partial charge in [0, 0.05) is 6.04 Å². The molecular formula is C15H22ClNO. The molecule has 3 heteroatoms. The van der Waals surface area contributed by atoms with Gasteiger partial charge in [0.2, 0.25) is 0 Å². The molecule has 100 valence electrons. The fraction of sp³-hybridized carbons (Fsp3) is 0.600. The molecule has 1 saturated carbocycles. The van der Waals surface area contributed by atoms with Gasteiger partial charge in [0.15, 0.2) is 0 Å². The molecule has 0 amide bonds. The molecule has 0 heterocycles. The minimum absolute atomic E-state index is 0.669. The summed E-state index contributed by atoms with van der Waals surface area (Å²) in [6, 6.07) is 6.61. The summed E-state index contributed by atoms with van der Waals surface area (Å²) in [6.45, 7) is 2.79. The molecule has 0 aromatic heterocycles. The molecular weight excluding hydrogens is 246 g/mol. The Labute approximate surface area is 115 Å². The van der Waals surface area contributed by atoms with Crippen molar-refractivity contribution < 1.29 is 4.74 Å². The molecule has 1 fully saturated rings. The molecule has 2 atom stereocenters. The van der Waals surface area contributed by atoms with E-state index in [1.54, 1.807) is 0 Å². The lowest BCUT2D eigenvalue weighted by Gasteiger charge is -2.19. The highest BCUT2D eigenvalue weighted by Gasteiger charge is 2.25. The van der Waals surface area contributed by atoms with E-state index in [2.05, 4.69) is 12.4 Å². The average Bonchev–Trinajstić information content (AvgIpc) is 2.79. The van der Waals surface area contributed by atoms with Crippen molar-refractivity contribution in [3.8, 4) is 5.75 Å². The van der Waals surface area contributed by atoms with Crippen molar-refractivity contribution in [3.05, 3.63) is 28.8 Å². The normalized spacial score (nSPS) is 23.3. The highest BCUT2D eigenvalue weighted by atomic mass is 35.5. The molecule has 0 saturated heterocycles. The van der Waals surface area contributed by atoms with E-state index in [4.69, 9.17) is 16.3 Å². The summed E-state index contributed by atoms with van der Waals surface area (Å²) >= 11 is 6.14. The number of aryl methyl sites for hydroxylation is 1. The van der Waals surface area contributed by atoms with Gasteiger partial charge in [-0.15, -0.1) is 0 Å². The Kier molecular flexibility index (Phi) is 4.90. The van der Waals surface area contributed by atoms with Gasteiger partial charge in [0.25, 0.3) is 0 Å². The SMILES string of the molecule is CNC1CCCC1CCOc1ccc(C)cc1Cl. The standard InChI is InChI=1S/C15H22ClNO/c1-11-6-7-15(13(16)10-11)18-9-8-12-4-3-5-14(12)17-2/h6-7,10,12,14,17H,3-5,8-9H2,1-2H3. The van der Waals surface area contributed by atoms with Gasteiger partial charge in [-0.1, -0.05) is 24.1 Å². The number of nitrogens with one attached hydrogen (secondary N) is 1. The van der Waals surface area contributed by atoms with E-state index in [0.717, 1.165) is 24.7 Å². The van der Waals surface area contributed by atoms with Gasteiger partial charge in [-0.3, -0.25) is 0 Å². The van der Waals surface area contributed by atoms with Crippen LogP contribution in [0.2, 0.25) is 5.02 Å². The number of rotatable bonds is 5. The number of halogens is 1. The van der Waals surface area contributed by atoms with Crippen molar-refractivity contribution in [1.82, 2.24) is 5.32 Å². The predicted octanol–water partition coefficient (Wildman–Crippen LogP) is 3.81. The first-order chi connectivity index (χ1) is 8.70. The Morgan fingerprint density at radius 2 is 2.22 bits per heavy atom. The average molecular weight is 268 g/mol. The van der Waals surface area contributed by atoms with Gasteiger partial charge in [-0.25, -0.2) is 0 Å². The van der Waals surface area contributed by atoms with Crippen LogP contribution in [-0.2, 0) is 0 Å². The molecule has 1 aromatic rings. The smallest absolute Gasteiger partial charge is 0.137 e. The van der Waals surface area contributed by atoms with Gasteiger partial charge < -0.3 is 10.1 Å². The third kappa shape index (κ3) is 3.39. The Bertz CT molecular complexity index is 394.